The van der Waals surface area contributed by atoms with Crippen molar-refractivity contribution in [2.24, 2.45) is 0 Å². The third kappa shape index (κ3) is 3.20. The van der Waals surface area contributed by atoms with E-state index < -0.39 is 0 Å². The molecule has 0 bridgehead atoms. The van der Waals surface area contributed by atoms with Crippen LogP contribution in [0.25, 0.3) is 0 Å². The van der Waals surface area contributed by atoms with E-state index in [9.17, 15) is 4.39 Å². The Morgan fingerprint density at radius 1 is 1.31 bits per heavy atom. The highest BCUT2D eigenvalue weighted by molar-refractivity contribution is 5.35. The molecule has 0 unspecified atom stereocenters. The average molecular weight is 225 g/mol. The molecule has 2 nitrogen and oxygen atoms in total. The van der Waals surface area contributed by atoms with Crippen molar-refractivity contribution in [3.05, 3.63) is 29.6 Å². The number of halogens is 1. The van der Waals surface area contributed by atoms with Crippen molar-refractivity contribution in [2.45, 2.75) is 39.3 Å². The van der Waals surface area contributed by atoms with E-state index in [1.165, 1.54) is 6.07 Å². The van der Waals surface area contributed by atoms with Gasteiger partial charge in [0.1, 0.15) is 0 Å². The first-order chi connectivity index (χ1) is 7.72. The van der Waals surface area contributed by atoms with Crippen LogP contribution < -0.4 is 10.1 Å². The Labute approximate surface area is 96.8 Å². The largest absolute Gasteiger partial charge is 0.487 e. The molecule has 0 heterocycles. The first-order valence-electron chi connectivity index (χ1n) is 5.81. The van der Waals surface area contributed by atoms with E-state index in [-0.39, 0.29) is 11.9 Å². The Hall–Kier alpha value is -1.09. The molecule has 0 aliphatic carbocycles. The van der Waals surface area contributed by atoms with Crippen molar-refractivity contribution in [3.63, 3.8) is 0 Å². The van der Waals surface area contributed by atoms with E-state index in [1.54, 1.807) is 6.07 Å². The van der Waals surface area contributed by atoms with Gasteiger partial charge < -0.3 is 10.1 Å². The summed E-state index contributed by atoms with van der Waals surface area (Å²) in [6.07, 6.45) is 1.88. The molecular formula is C13H20FNO. The number of hydrogen-bond donors (Lipinski definition) is 1. The molecule has 90 valence electrons. The summed E-state index contributed by atoms with van der Waals surface area (Å²) >= 11 is 0. The molecule has 1 rings (SSSR count). The molecule has 0 atom stereocenters. The minimum Gasteiger partial charge on any atom is -0.487 e. The van der Waals surface area contributed by atoms with Gasteiger partial charge in [-0.1, -0.05) is 26.0 Å². The molecule has 16 heavy (non-hydrogen) atoms. The van der Waals surface area contributed by atoms with E-state index in [1.807, 2.05) is 27.0 Å². The van der Waals surface area contributed by atoms with Gasteiger partial charge in [0.2, 0.25) is 0 Å². The molecule has 0 aliphatic rings. The SMILES string of the molecule is CCC(CC)Oc1c(F)cccc1CNC. The summed E-state index contributed by atoms with van der Waals surface area (Å²) in [7, 11) is 1.84. The minimum atomic E-state index is -0.278. The van der Waals surface area contributed by atoms with Gasteiger partial charge in [-0.2, -0.15) is 0 Å². The van der Waals surface area contributed by atoms with Gasteiger partial charge in [-0.15, -0.1) is 0 Å². The van der Waals surface area contributed by atoms with Crippen molar-refractivity contribution in [2.75, 3.05) is 7.05 Å². The van der Waals surface area contributed by atoms with E-state index in [4.69, 9.17) is 4.74 Å². The summed E-state index contributed by atoms with van der Waals surface area (Å²) in [5, 5.41) is 3.01. The fourth-order valence-electron chi connectivity index (χ4n) is 1.64. The highest BCUT2D eigenvalue weighted by Crippen LogP contribution is 2.25. The highest BCUT2D eigenvalue weighted by atomic mass is 19.1. The van der Waals surface area contributed by atoms with Crippen molar-refractivity contribution in [1.82, 2.24) is 5.32 Å². The smallest absolute Gasteiger partial charge is 0.165 e. The Bertz CT molecular complexity index is 324. The standard InChI is InChI=1S/C13H20FNO/c1-4-11(5-2)16-13-10(9-15-3)7-6-8-12(13)14/h6-8,11,15H,4-5,9H2,1-3H3. The number of para-hydroxylation sites is 1. The lowest BCUT2D eigenvalue weighted by atomic mass is 10.1. The monoisotopic (exact) mass is 225 g/mol. The second-order valence-corrected chi connectivity index (χ2v) is 3.81. The van der Waals surface area contributed by atoms with Crippen LogP contribution in [0.4, 0.5) is 4.39 Å². The van der Waals surface area contributed by atoms with Crippen LogP contribution >= 0.6 is 0 Å². The number of hydrogen-bond acceptors (Lipinski definition) is 2. The normalized spacial score (nSPS) is 10.8. The first-order valence-corrected chi connectivity index (χ1v) is 5.81. The Kier molecular flexibility index (Phi) is 5.26. The summed E-state index contributed by atoms with van der Waals surface area (Å²) in [6, 6.07) is 5.04. The van der Waals surface area contributed by atoms with Crippen LogP contribution in [0.5, 0.6) is 5.75 Å². The van der Waals surface area contributed by atoms with Crippen molar-refractivity contribution in [1.29, 1.82) is 0 Å². The van der Waals surface area contributed by atoms with Crippen molar-refractivity contribution < 1.29 is 9.13 Å². The maximum Gasteiger partial charge on any atom is 0.165 e. The molecule has 3 heteroatoms. The molecule has 0 fully saturated rings. The summed E-state index contributed by atoms with van der Waals surface area (Å²) in [5.74, 6) is 0.116. The number of ether oxygens (including phenoxy) is 1. The van der Waals surface area contributed by atoms with Gasteiger partial charge in [0, 0.05) is 12.1 Å². The molecule has 0 radical (unpaired) electrons. The molecule has 1 aromatic carbocycles. The van der Waals surface area contributed by atoms with Crippen LogP contribution in [0, 0.1) is 5.82 Å². The fraction of sp³-hybridized carbons (Fsp3) is 0.538. The summed E-state index contributed by atoms with van der Waals surface area (Å²) in [6.45, 7) is 4.72. The second kappa shape index (κ2) is 6.48. The topological polar surface area (TPSA) is 21.3 Å². The van der Waals surface area contributed by atoms with Crippen molar-refractivity contribution >= 4 is 0 Å². The van der Waals surface area contributed by atoms with Gasteiger partial charge in [0.25, 0.3) is 0 Å². The van der Waals surface area contributed by atoms with Crippen LogP contribution in [0.3, 0.4) is 0 Å². The van der Waals surface area contributed by atoms with Crippen LogP contribution in [-0.2, 0) is 6.54 Å². The lowest BCUT2D eigenvalue weighted by Crippen LogP contribution is -2.17. The fourth-order valence-corrected chi connectivity index (χ4v) is 1.64. The molecule has 0 saturated heterocycles. The molecule has 0 amide bonds. The van der Waals surface area contributed by atoms with Gasteiger partial charge in [-0.25, -0.2) is 4.39 Å². The predicted molar refractivity (Wildman–Crippen MR) is 64.2 cm³/mol. The van der Waals surface area contributed by atoms with Gasteiger partial charge >= 0.3 is 0 Å². The number of rotatable bonds is 6. The summed E-state index contributed by atoms with van der Waals surface area (Å²) < 4.78 is 19.4. The Balaban J connectivity index is 2.91. The molecule has 0 saturated carbocycles. The van der Waals surface area contributed by atoms with Crippen LogP contribution in [0.1, 0.15) is 32.3 Å². The maximum atomic E-state index is 13.7. The zero-order chi connectivity index (χ0) is 12.0. The first kappa shape index (κ1) is 13.0. The van der Waals surface area contributed by atoms with E-state index in [0.29, 0.717) is 12.3 Å². The van der Waals surface area contributed by atoms with Crippen LogP contribution in [0.15, 0.2) is 18.2 Å². The third-order valence-corrected chi connectivity index (χ3v) is 2.61. The van der Waals surface area contributed by atoms with Crippen molar-refractivity contribution in [3.8, 4) is 5.75 Å². The third-order valence-electron chi connectivity index (χ3n) is 2.61. The quantitative estimate of drug-likeness (QED) is 0.803. The zero-order valence-electron chi connectivity index (χ0n) is 10.2. The molecule has 1 N–H and O–H groups in total. The molecule has 0 aliphatic heterocycles. The van der Waals surface area contributed by atoms with Gasteiger partial charge in [0.05, 0.1) is 6.10 Å². The predicted octanol–water partition coefficient (Wildman–Crippen LogP) is 3.11. The lowest BCUT2D eigenvalue weighted by Gasteiger charge is -2.18. The van der Waals surface area contributed by atoms with Crippen LogP contribution in [0.2, 0.25) is 0 Å². The molecular weight excluding hydrogens is 205 g/mol. The Morgan fingerprint density at radius 3 is 2.56 bits per heavy atom. The average Bonchev–Trinajstić information content (AvgIpc) is 2.29. The number of benzene rings is 1. The maximum absolute atomic E-state index is 13.7. The van der Waals surface area contributed by atoms with Gasteiger partial charge in [-0.05, 0) is 26.0 Å². The zero-order valence-corrected chi connectivity index (χ0v) is 10.2. The Morgan fingerprint density at radius 2 is 2.00 bits per heavy atom. The summed E-state index contributed by atoms with van der Waals surface area (Å²) in [4.78, 5) is 0. The number of nitrogens with one attached hydrogen (secondary N) is 1. The summed E-state index contributed by atoms with van der Waals surface area (Å²) in [5.41, 5.74) is 0.870. The highest BCUT2D eigenvalue weighted by Gasteiger charge is 2.13. The van der Waals surface area contributed by atoms with E-state index in [2.05, 4.69) is 5.32 Å². The lowest BCUT2D eigenvalue weighted by molar-refractivity contribution is 0.182. The van der Waals surface area contributed by atoms with Gasteiger partial charge in [-0.3, -0.25) is 0 Å². The van der Waals surface area contributed by atoms with E-state index >= 15 is 0 Å². The second-order valence-electron chi connectivity index (χ2n) is 3.81. The van der Waals surface area contributed by atoms with E-state index in [0.717, 1.165) is 18.4 Å². The van der Waals surface area contributed by atoms with Crippen LogP contribution in [-0.4, -0.2) is 13.2 Å². The molecule has 1 aromatic rings. The molecule has 0 aromatic heterocycles. The minimum absolute atomic E-state index is 0.0903. The molecule has 0 spiro atoms. The van der Waals surface area contributed by atoms with Gasteiger partial charge in [0.15, 0.2) is 11.6 Å².